The molecule has 0 aliphatic rings. The molecule has 66 valence electrons. The number of benzene rings is 1. The molecule has 0 unspecified atom stereocenters. The third-order valence-corrected chi connectivity index (χ3v) is 1.54. The maximum Gasteiger partial charge on any atom is 0.128 e. The molecule has 0 aliphatic heterocycles. The lowest BCUT2D eigenvalue weighted by Crippen LogP contribution is -1.92. The number of aliphatic hydroxyl groups excluding tert-OH is 1. The number of hydrogen-bond donors (Lipinski definition) is 4. The first kappa shape index (κ1) is 8.67. The predicted octanol–water partition coefficient (Wildman–Crippen LogP) is 0.857. The van der Waals surface area contributed by atoms with Crippen molar-refractivity contribution in [2.24, 2.45) is 0 Å². The van der Waals surface area contributed by atoms with Gasteiger partial charge in [0.15, 0.2) is 0 Å². The second-order valence-corrected chi connectivity index (χ2v) is 2.57. The fourth-order valence-electron chi connectivity index (χ4n) is 1.04. The zero-order valence-corrected chi connectivity index (χ0v) is 6.52. The molecule has 1 rings (SSSR count). The summed E-state index contributed by atoms with van der Waals surface area (Å²) in [6.07, 6.45) is -0.967. The number of phenolic OH excluding ortho intramolecular Hbond substituents is 3. The van der Waals surface area contributed by atoms with Gasteiger partial charge in [0.2, 0.25) is 0 Å². The van der Waals surface area contributed by atoms with Gasteiger partial charge in [-0.3, -0.25) is 0 Å². The molecule has 0 heterocycles. The van der Waals surface area contributed by atoms with E-state index in [1.54, 1.807) is 0 Å². The second kappa shape index (κ2) is 2.91. The van der Waals surface area contributed by atoms with Crippen molar-refractivity contribution in [1.82, 2.24) is 0 Å². The summed E-state index contributed by atoms with van der Waals surface area (Å²) in [6.45, 7) is 1.41. The van der Waals surface area contributed by atoms with E-state index in [1.807, 2.05) is 0 Å². The lowest BCUT2D eigenvalue weighted by molar-refractivity contribution is 0.190. The Bertz CT molecular complexity index is 270. The zero-order valence-electron chi connectivity index (χ0n) is 6.52. The highest BCUT2D eigenvalue weighted by Crippen LogP contribution is 2.35. The van der Waals surface area contributed by atoms with Crippen LogP contribution in [0.1, 0.15) is 18.6 Å². The number of hydrogen-bond acceptors (Lipinski definition) is 4. The van der Waals surface area contributed by atoms with E-state index in [0.29, 0.717) is 0 Å². The Morgan fingerprint density at radius 3 is 1.83 bits per heavy atom. The van der Waals surface area contributed by atoms with Gasteiger partial charge in [-0.25, -0.2) is 0 Å². The van der Waals surface area contributed by atoms with Crippen LogP contribution < -0.4 is 0 Å². The van der Waals surface area contributed by atoms with Gasteiger partial charge in [-0.15, -0.1) is 0 Å². The fourth-order valence-corrected chi connectivity index (χ4v) is 1.04. The lowest BCUT2D eigenvalue weighted by atomic mass is 10.1. The summed E-state index contributed by atoms with van der Waals surface area (Å²) in [5.74, 6) is -0.876. The molecule has 1 aromatic rings. The van der Waals surface area contributed by atoms with Crippen LogP contribution in [-0.2, 0) is 0 Å². The van der Waals surface area contributed by atoms with Gasteiger partial charge in [0.05, 0.1) is 11.7 Å². The Balaban J connectivity index is 3.28. The molecular formula is C8H10O4. The topological polar surface area (TPSA) is 80.9 Å². The highest BCUT2D eigenvalue weighted by atomic mass is 16.3. The van der Waals surface area contributed by atoms with Gasteiger partial charge < -0.3 is 20.4 Å². The van der Waals surface area contributed by atoms with Crippen molar-refractivity contribution in [3.63, 3.8) is 0 Å². The molecule has 4 N–H and O–H groups in total. The van der Waals surface area contributed by atoms with Crippen molar-refractivity contribution < 1.29 is 20.4 Å². The van der Waals surface area contributed by atoms with E-state index in [-0.39, 0.29) is 22.8 Å². The lowest BCUT2D eigenvalue weighted by Gasteiger charge is -2.09. The standard InChI is InChI=1S/C8H10O4/c1-4(9)8-6(11)2-5(10)3-7(8)12/h2-4,9-12H,1H3/t4-/m1/s1. The van der Waals surface area contributed by atoms with Gasteiger partial charge >= 0.3 is 0 Å². The quantitative estimate of drug-likeness (QED) is 0.503. The number of aromatic hydroxyl groups is 3. The van der Waals surface area contributed by atoms with E-state index >= 15 is 0 Å². The van der Waals surface area contributed by atoms with Crippen LogP contribution in [0.5, 0.6) is 17.2 Å². The first-order valence-electron chi connectivity index (χ1n) is 3.45. The van der Waals surface area contributed by atoms with Crippen molar-refractivity contribution in [1.29, 1.82) is 0 Å². The molecular weight excluding hydrogens is 160 g/mol. The summed E-state index contributed by atoms with van der Waals surface area (Å²) in [4.78, 5) is 0. The Kier molecular flexibility index (Phi) is 2.10. The third kappa shape index (κ3) is 1.43. The average Bonchev–Trinajstić information content (AvgIpc) is 1.82. The maximum atomic E-state index is 9.16. The fraction of sp³-hybridized carbons (Fsp3) is 0.250. The summed E-state index contributed by atoms with van der Waals surface area (Å²) in [7, 11) is 0. The first-order valence-corrected chi connectivity index (χ1v) is 3.45. The minimum atomic E-state index is -0.967. The van der Waals surface area contributed by atoms with Gasteiger partial charge in [0.1, 0.15) is 17.2 Å². The number of aliphatic hydroxyl groups is 1. The van der Waals surface area contributed by atoms with Gasteiger partial charge in [0, 0.05) is 12.1 Å². The zero-order chi connectivity index (χ0) is 9.30. The van der Waals surface area contributed by atoms with E-state index in [4.69, 9.17) is 20.4 Å². The minimum Gasteiger partial charge on any atom is -0.508 e. The molecule has 0 bridgehead atoms. The van der Waals surface area contributed by atoms with E-state index < -0.39 is 6.10 Å². The van der Waals surface area contributed by atoms with Crippen LogP contribution in [0.15, 0.2) is 12.1 Å². The van der Waals surface area contributed by atoms with Crippen molar-refractivity contribution in [2.75, 3.05) is 0 Å². The van der Waals surface area contributed by atoms with Crippen LogP contribution in [0.4, 0.5) is 0 Å². The van der Waals surface area contributed by atoms with E-state index in [9.17, 15) is 0 Å². The smallest absolute Gasteiger partial charge is 0.128 e. The van der Waals surface area contributed by atoms with Crippen LogP contribution >= 0.6 is 0 Å². The summed E-state index contributed by atoms with van der Waals surface area (Å²) >= 11 is 0. The van der Waals surface area contributed by atoms with Gasteiger partial charge in [-0.05, 0) is 6.92 Å². The second-order valence-electron chi connectivity index (χ2n) is 2.57. The molecule has 0 saturated heterocycles. The molecule has 0 radical (unpaired) electrons. The SMILES string of the molecule is C[C@@H](O)c1c(O)cc(O)cc1O. The Labute approximate surface area is 69.3 Å². The molecule has 0 saturated carbocycles. The van der Waals surface area contributed by atoms with Crippen LogP contribution in [0.2, 0.25) is 0 Å². The number of rotatable bonds is 1. The normalized spacial score (nSPS) is 12.8. The molecule has 0 spiro atoms. The molecule has 0 aliphatic carbocycles. The van der Waals surface area contributed by atoms with Crippen molar-refractivity contribution in [3.8, 4) is 17.2 Å². The summed E-state index contributed by atoms with van der Waals surface area (Å²) in [6, 6.07) is 2.11. The molecule has 0 fully saturated rings. The van der Waals surface area contributed by atoms with Crippen LogP contribution in [-0.4, -0.2) is 20.4 Å². The van der Waals surface area contributed by atoms with Crippen LogP contribution in [0.3, 0.4) is 0 Å². The van der Waals surface area contributed by atoms with Gasteiger partial charge in [0.25, 0.3) is 0 Å². The molecule has 4 heteroatoms. The molecule has 4 nitrogen and oxygen atoms in total. The monoisotopic (exact) mass is 170 g/mol. The highest BCUT2D eigenvalue weighted by Gasteiger charge is 2.13. The van der Waals surface area contributed by atoms with E-state index in [0.717, 1.165) is 12.1 Å². The summed E-state index contributed by atoms with van der Waals surface area (Å²) in [5, 5.41) is 36.3. The molecule has 0 aromatic heterocycles. The van der Waals surface area contributed by atoms with E-state index in [1.165, 1.54) is 6.92 Å². The van der Waals surface area contributed by atoms with Crippen molar-refractivity contribution >= 4 is 0 Å². The Morgan fingerprint density at radius 2 is 1.50 bits per heavy atom. The summed E-state index contributed by atoms with van der Waals surface area (Å²) < 4.78 is 0. The van der Waals surface area contributed by atoms with Crippen LogP contribution in [0.25, 0.3) is 0 Å². The highest BCUT2D eigenvalue weighted by molar-refractivity contribution is 5.49. The van der Waals surface area contributed by atoms with Crippen molar-refractivity contribution in [2.45, 2.75) is 13.0 Å². The average molecular weight is 170 g/mol. The maximum absolute atomic E-state index is 9.16. The van der Waals surface area contributed by atoms with Crippen LogP contribution in [0, 0.1) is 0 Å². The molecule has 1 atom stereocenters. The largest absolute Gasteiger partial charge is 0.508 e. The first-order chi connectivity index (χ1) is 5.52. The molecule has 1 aromatic carbocycles. The van der Waals surface area contributed by atoms with Crippen molar-refractivity contribution in [3.05, 3.63) is 17.7 Å². The summed E-state index contributed by atoms with van der Waals surface area (Å²) in [5.41, 5.74) is 0.0211. The Morgan fingerprint density at radius 1 is 1.08 bits per heavy atom. The minimum absolute atomic E-state index is 0.0211. The molecule has 12 heavy (non-hydrogen) atoms. The third-order valence-electron chi connectivity index (χ3n) is 1.54. The van der Waals surface area contributed by atoms with Gasteiger partial charge in [-0.2, -0.15) is 0 Å². The molecule has 0 amide bonds. The predicted molar refractivity (Wildman–Crippen MR) is 42.1 cm³/mol. The van der Waals surface area contributed by atoms with E-state index in [2.05, 4.69) is 0 Å². The Hall–Kier alpha value is -1.42. The van der Waals surface area contributed by atoms with Gasteiger partial charge in [-0.1, -0.05) is 0 Å². The number of phenols is 3.